The van der Waals surface area contributed by atoms with Gasteiger partial charge in [0.15, 0.2) is 6.10 Å². The number of nitrogens with one attached hydrogen (secondary N) is 1. The number of amides is 5. The van der Waals surface area contributed by atoms with Crippen LogP contribution in [0.2, 0.25) is 0 Å². The summed E-state index contributed by atoms with van der Waals surface area (Å²) in [6, 6.07) is 4.34. The summed E-state index contributed by atoms with van der Waals surface area (Å²) in [7, 11) is 0. The van der Waals surface area contributed by atoms with Crippen molar-refractivity contribution in [3.8, 4) is 0 Å². The van der Waals surface area contributed by atoms with Crippen LogP contribution in [0.3, 0.4) is 0 Å². The number of ether oxygens (including phenoxy) is 1. The van der Waals surface area contributed by atoms with Crippen molar-refractivity contribution in [3.63, 3.8) is 0 Å². The average Bonchev–Trinajstić information content (AvgIpc) is 3.17. The number of halogens is 1. The number of urea groups is 1. The maximum absolute atomic E-state index is 12.4. The highest BCUT2D eigenvalue weighted by Gasteiger charge is 2.35. The topological polar surface area (TPSA) is 113 Å². The molecule has 148 valence electrons. The maximum Gasteiger partial charge on any atom is 0.324 e. The minimum atomic E-state index is -1.09. The first-order valence-corrected chi connectivity index (χ1v) is 9.53. The largest absolute Gasteiger partial charge is 0.453 e. The van der Waals surface area contributed by atoms with Crippen LogP contribution < -0.4 is 5.32 Å². The number of carbonyl (C=O) groups excluding carboxylic acids is 5. The summed E-state index contributed by atoms with van der Waals surface area (Å²) in [6.07, 6.45) is -0.953. The van der Waals surface area contributed by atoms with Crippen LogP contribution in [0.5, 0.6) is 0 Å². The van der Waals surface area contributed by atoms with Crippen molar-refractivity contribution in [1.82, 2.24) is 15.1 Å². The first kappa shape index (κ1) is 20.0. The molecule has 0 aliphatic carbocycles. The fourth-order valence-corrected chi connectivity index (χ4v) is 3.42. The van der Waals surface area contributed by atoms with Crippen LogP contribution in [0.25, 0.3) is 0 Å². The maximum atomic E-state index is 12.4. The van der Waals surface area contributed by atoms with Gasteiger partial charge in [0.25, 0.3) is 17.7 Å². The van der Waals surface area contributed by atoms with Crippen molar-refractivity contribution < 1.29 is 28.7 Å². The molecule has 1 unspecified atom stereocenters. The smallest absolute Gasteiger partial charge is 0.324 e. The molecule has 2 heterocycles. The first-order chi connectivity index (χ1) is 13.3. The van der Waals surface area contributed by atoms with Gasteiger partial charge in [-0.2, -0.15) is 0 Å². The Morgan fingerprint density at radius 1 is 1.21 bits per heavy atom. The zero-order valence-corrected chi connectivity index (χ0v) is 16.7. The Kier molecular flexibility index (Phi) is 5.78. The van der Waals surface area contributed by atoms with Crippen molar-refractivity contribution in [2.45, 2.75) is 25.9 Å². The van der Waals surface area contributed by atoms with Gasteiger partial charge < -0.3 is 10.1 Å². The molecule has 1 saturated heterocycles. The van der Waals surface area contributed by atoms with Crippen LogP contribution >= 0.6 is 15.9 Å². The van der Waals surface area contributed by atoms with Crippen LogP contribution in [-0.2, 0) is 14.3 Å². The van der Waals surface area contributed by atoms with E-state index in [-0.39, 0.29) is 25.9 Å². The van der Waals surface area contributed by atoms with Gasteiger partial charge in [-0.15, -0.1) is 0 Å². The summed E-state index contributed by atoms with van der Waals surface area (Å²) in [6.45, 7) is 2.06. The predicted octanol–water partition coefficient (Wildman–Crippen LogP) is 1.31. The van der Waals surface area contributed by atoms with Crippen LogP contribution in [0.15, 0.2) is 22.7 Å². The summed E-state index contributed by atoms with van der Waals surface area (Å²) >= 11 is 3.27. The molecule has 28 heavy (non-hydrogen) atoms. The molecule has 1 aromatic rings. The average molecular weight is 452 g/mol. The first-order valence-electron chi connectivity index (χ1n) is 8.74. The Labute approximate surface area is 169 Å². The molecule has 0 spiro atoms. The molecule has 10 heteroatoms. The number of nitrogens with zero attached hydrogens (tertiary/aromatic N) is 2. The second-order valence-corrected chi connectivity index (χ2v) is 7.32. The molecule has 5 amide bonds. The number of imide groups is 2. The number of esters is 1. The molecule has 1 fully saturated rings. The van der Waals surface area contributed by atoms with Crippen molar-refractivity contribution in [3.05, 3.63) is 33.8 Å². The Hall–Kier alpha value is -2.75. The van der Waals surface area contributed by atoms with Gasteiger partial charge in [-0.25, -0.2) is 4.79 Å². The quantitative estimate of drug-likeness (QED) is 0.515. The minimum absolute atomic E-state index is 0.0654. The van der Waals surface area contributed by atoms with E-state index < -0.39 is 35.8 Å². The third kappa shape index (κ3) is 3.91. The van der Waals surface area contributed by atoms with E-state index in [4.69, 9.17) is 4.74 Å². The minimum Gasteiger partial charge on any atom is -0.453 e. The second-order valence-electron chi connectivity index (χ2n) is 6.41. The molecule has 1 N–H and O–H groups in total. The molecular formula is C18H18BrN3O6. The Morgan fingerprint density at radius 2 is 1.93 bits per heavy atom. The highest BCUT2D eigenvalue weighted by molar-refractivity contribution is 9.10. The number of carbonyl (C=O) groups is 5. The zero-order chi connectivity index (χ0) is 20.4. The van der Waals surface area contributed by atoms with Gasteiger partial charge in [-0.1, -0.05) is 15.9 Å². The fraction of sp³-hybridized carbons (Fsp3) is 0.389. The number of hydrogen-bond donors (Lipinski definition) is 1. The third-order valence-electron chi connectivity index (χ3n) is 4.47. The van der Waals surface area contributed by atoms with Crippen molar-refractivity contribution in [2.24, 2.45) is 0 Å². The highest BCUT2D eigenvalue weighted by Crippen LogP contribution is 2.26. The lowest BCUT2D eigenvalue weighted by atomic mass is 10.1. The molecule has 1 atom stereocenters. The van der Waals surface area contributed by atoms with E-state index in [2.05, 4.69) is 21.2 Å². The Bertz CT molecular complexity index is 871. The lowest BCUT2D eigenvalue weighted by Gasteiger charge is -2.18. The zero-order valence-electron chi connectivity index (χ0n) is 15.1. The number of hydrogen-bond acceptors (Lipinski definition) is 6. The van der Waals surface area contributed by atoms with E-state index >= 15 is 0 Å². The number of benzene rings is 1. The lowest BCUT2D eigenvalue weighted by Crippen LogP contribution is -2.41. The number of rotatable bonds is 6. The normalized spacial score (nSPS) is 16.9. The summed E-state index contributed by atoms with van der Waals surface area (Å²) in [5, 5.41) is 2.50. The van der Waals surface area contributed by atoms with Crippen molar-refractivity contribution in [2.75, 3.05) is 19.6 Å². The van der Waals surface area contributed by atoms with Gasteiger partial charge in [0.05, 0.1) is 11.1 Å². The molecule has 0 radical (unpaired) electrons. The summed E-state index contributed by atoms with van der Waals surface area (Å²) in [5.41, 5.74) is 0.656. The van der Waals surface area contributed by atoms with Gasteiger partial charge in [0.1, 0.15) is 0 Å². The van der Waals surface area contributed by atoms with E-state index in [1.807, 2.05) is 0 Å². The molecule has 2 aliphatic rings. The molecule has 0 aromatic heterocycles. The van der Waals surface area contributed by atoms with Crippen LogP contribution in [-0.4, -0.2) is 65.3 Å². The highest BCUT2D eigenvalue weighted by atomic mass is 79.9. The number of fused-ring (bicyclic) bond motifs is 1. The van der Waals surface area contributed by atoms with E-state index in [9.17, 15) is 24.0 Å². The molecule has 0 bridgehead atoms. The van der Waals surface area contributed by atoms with E-state index in [1.54, 1.807) is 18.2 Å². The van der Waals surface area contributed by atoms with Gasteiger partial charge in [-0.05, 0) is 31.5 Å². The van der Waals surface area contributed by atoms with Crippen LogP contribution in [0.1, 0.15) is 40.5 Å². The molecular weight excluding hydrogens is 434 g/mol. The fourth-order valence-electron chi connectivity index (χ4n) is 3.06. The Balaban J connectivity index is 1.48. The van der Waals surface area contributed by atoms with E-state index in [1.165, 1.54) is 6.92 Å². The molecule has 0 saturated carbocycles. The van der Waals surface area contributed by atoms with Crippen LogP contribution in [0, 0.1) is 0 Å². The van der Waals surface area contributed by atoms with Gasteiger partial charge in [0, 0.05) is 30.5 Å². The monoisotopic (exact) mass is 451 g/mol. The molecule has 9 nitrogen and oxygen atoms in total. The third-order valence-corrected chi connectivity index (χ3v) is 4.97. The second kappa shape index (κ2) is 8.09. The molecule has 3 rings (SSSR count). The standard InChI is InChI=1S/C18H18BrN3O6/c1-10(15(24)22-8-6-20-18(22)27)28-14(23)3-2-7-21-16(25)12-5-4-11(19)9-13(12)17(21)26/h4-5,9-10H,2-3,6-8H2,1H3,(H,20,27). The van der Waals surface area contributed by atoms with E-state index in [0.29, 0.717) is 22.1 Å². The van der Waals surface area contributed by atoms with Crippen molar-refractivity contribution >= 4 is 45.7 Å². The van der Waals surface area contributed by atoms with E-state index in [0.717, 1.165) is 9.80 Å². The van der Waals surface area contributed by atoms with Gasteiger partial charge in [0.2, 0.25) is 0 Å². The lowest BCUT2D eigenvalue weighted by molar-refractivity contribution is -0.157. The SMILES string of the molecule is CC(OC(=O)CCCN1C(=O)c2ccc(Br)cc2C1=O)C(=O)N1CCNC1=O. The molecule has 1 aromatic carbocycles. The summed E-state index contributed by atoms with van der Waals surface area (Å²) < 4.78 is 5.76. The summed E-state index contributed by atoms with van der Waals surface area (Å²) in [4.78, 5) is 62.3. The Morgan fingerprint density at radius 3 is 2.61 bits per heavy atom. The summed E-state index contributed by atoms with van der Waals surface area (Å²) in [5.74, 6) is -2.03. The van der Waals surface area contributed by atoms with Crippen LogP contribution in [0.4, 0.5) is 4.79 Å². The van der Waals surface area contributed by atoms with Gasteiger partial charge >= 0.3 is 12.0 Å². The molecule has 2 aliphatic heterocycles. The van der Waals surface area contributed by atoms with Crippen molar-refractivity contribution in [1.29, 1.82) is 0 Å². The van der Waals surface area contributed by atoms with Gasteiger partial charge in [-0.3, -0.25) is 29.0 Å². The predicted molar refractivity (Wildman–Crippen MR) is 99.4 cm³/mol.